The van der Waals surface area contributed by atoms with Crippen LogP contribution in [0.1, 0.15) is 16.8 Å². The largest absolute Gasteiger partial charge is 0.463 e. The SMILES string of the molecule is Nc1cc(C(=O)OC2CCOC2=O)ccc1F. The van der Waals surface area contributed by atoms with Gasteiger partial charge in [-0.3, -0.25) is 0 Å². The van der Waals surface area contributed by atoms with Crippen molar-refractivity contribution in [2.24, 2.45) is 0 Å². The molecular weight excluding hydrogens is 229 g/mol. The van der Waals surface area contributed by atoms with Gasteiger partial charge in [0.2, 0.25) is 6.10 Å². The Morgan fingerprint density at radius 2 is 2.29 bits per heavy atom. The minimum absolute atomic E-state index is 0.101. The zero-order valence-corrected chi connectivity index (χ0v) is 8.81. The number of benzene rings is 1. The van der Waals surface area contributed by atoms with Crippen molar-refractivity contribution in [1.82, 2.24) is 0 Å². The molecule has 1 saturated heterocycles. The molecule has 0 aromatic heterocycles. The first-order valence-electron chi connectivity index (χ1n) is 5.00. The third-order valence-corrected chi connectivity index (χ3v) is 2.37. The Bertz CT molecular complexity index is 475. The fraction of sp³-hybridized carbons (Fsp3) is 0.273. The zero-order chi connectivity index (χ0) is 12.4. The van der Waals surface area contributed by atoms with E-state index in [4.69, 9.17) is 10.5 Å². The van der Waals surface area contributed by atoms with Crippen LogP contribution in [0, 0.1) is 5.82 Å². The predicted octanol–water partition coefficient (Wildman–Crippen LogP) is 0.880. The van der Waals surface area contributed by atoms with E-state index in [1.54, 1.807) is 0 Å². The normalized spacial score (nSPS) is 18.9. The summed E-state index contributed by atoms with van der Waals surface area (Å²) in [6, 6.07) is 3.48. The van der Waals surface area contributed by atoms with Crippen LogP contribution in [-0.2, 0) is 14.3 Å². The van der Waals surface area contributed by atoms with Crippen LogP contribution >= 0.6 is 0 Å². The number of anilines is 1. The van der Waals surface area contributed by atoms with Crippen molar-refractivity contribution >= 4 is 17.6 Å². The molecule has 90 valence electrons. The van der Waals surface area contributed by atoms with E-state index in [0.717, 1.165) is 12.1 Å². The maximum atomic E-state index is 12.9. The van der Waals surface area contributed by atoms with Crippen molar-refractivity contribution < 1.29 is 23.5 Å². The molecular formula is C11H10FNO4. The average Bonchev–Trinajstić information content (AvgIpc) is 2.68. The summed E-state index contributed by atoms with van der Waals surface area (Å²) >= 11 is 0. The maximum Gasteiger partial charge on any atom is 0.347 e. The fourth-order valence-corrected chi connectivity index (χ4v) is 1.45. The van der Waals surface area contributed by atoms with Crippen LogP contribution in [0.2, 0.25) is 0 Å². The van der Waals surface area contributed by atoms with Gasteiger partial charge in [0, 0.05) is 6.42 Å². The van der Waals surface area contributed by atoms with Gasteiger partial charge in [-0.05, 0) is 18.2 Å². The number of hydrogen-bond donors (Lipinski definition) is 1. The summed E-state index contributed by atoms with van der Waals surface area (Å²) in [5.41, 5.74) is 5.28. The molecule has 1 unspecified atom stereocenters. The molecule has 2 rings (SSSR count). The minimum Gasteiger partial charge on any atom is -0.463 e. The molecule has 2 N–H and O–H groups in total. The van der Waals surface area contributed by atoms with E-state index in [1.807, 2.05) is 0 Å². The van der Waals surface area contributed by atoms with Crippen LogP contribution in [0.15, 0.2) is 18.2 Å². The van der Waals surface area contributed by atoms with Crippen LogP contribution in [0.4, 0.5) is 10.1 Å². The molecule has 0 amide bonds. The molecule has 1 aromatic rings. The van der Waals surface area contributed by atoms with Crippen LogP contribution in [0.5, 0.6) is 0 Å². The maximum absolute atomic E-state index is 12.9. The quantitative estimate of drug-likeness (QED) is 0.612. The highest BCUT2D eigenvalue weighted by molar-refractivity contribution is 5.92. The molecule has 1 aromatic carbocycles. The van der Waals surface area contributed by atoms with Crippen molar-refractivity contribution in [3.05, 3.63) is 29.6 Å². The van der Waals surface area contributed by atoms with Crippen molar-refractivity contribution in [2.45, 2.75) is 12.5 Å². The molecule has 6 heteroatoms. The van der Waals surface area contributed by atoms with E-state index < -0.39 is 23.9 Å². The van der Waals surface area contributed by atoms with Gasteiger partial charge in [-0.2, -0.15) is 0 Å². The van der Waals surface area contributed by atoms with Crippen molar-refractivity contribution in [1.29, 1.82) is 0 Å². The van der Waals surface area contributed by atoms with Gasteiger partial charge >= 0.3 is 11.9 Å². The number of cyclic esters (lactones) is 1. The first kappa shape index (κ1) is 11.4. The number of carbonyl (C=O) groups is 2. The minimum atomic E-state index is -0.881. The van der Waals surface area contributed by atoms with Crippen molar-refractivity contribution in [3.8, 4) is 0 Å². The van der Waals surface area contributed by atoms with Gasteiger partial charge in [-0.15, -0.1) is 0 Å². The number of hydrogen-bond acceptors (Lipinski definition) is 5. The highest BCUT2D eigenvalue weighted by Crippen LogP contribution is 2.16. The molecule has 0 radical (unpaired) electrons. The lowest BCUT2D eigenvalue weighted by molar-refractivity contribution is -0.145. The summed E-state index contributed by atoms with van der Waals surface area (Å²) in [6.07, 6.45) is -0.546. The number of nitrogens with two attached hydrogens (primary N) is 1. The zero-order valence-electron chi connectivity index (χ0n) is 8.81. The van der Waals surface area contributed by atoms with E-state index in [9.17, 15) is 14.0 Å². The fourth-order valence-electron chi connectivity index (χ4n) is 1.45. The lowest BCUT2D eigenvalue weighted by atomic mass is 10.2. The van der Waals surface area contributed by atoms with E-state index in [1.165, 1.54) is 6.07 Å². The van der Waals surface area contributed by atoms with Gasteiger partial charge in [0.25, 0.3) is 0 Å². The number of ether oxygens (including phenoxy) is 2. The summed E-state index contributed by atoms with van der Waals surface area (Å²) in [4.78, 5) is 22.7. The smallest absolute Gasteiger partial charge is 0.347 e. The molecule has 0 spiro atoms. The summed E-state index contributed by atoms with van der Waals surface area (Å²) in [6.45, 7) is 0.238. The topological polar surface area (TPSA) is 78.6 Å². The van der Waals surface area contributed by atoms with Crippen LogP contribution < -0.4 is 5.73 Å². The number of nitrogen functional groups attached to an aromatic ring is 1. The second kappa shape index (κ2) is 4.40. The van der Waals surface area contributed by atoms with Crippen LogP contribution in [0.25, 0.3) is 0 Å². The number of rotatable bonds is 2. The Labute approximate surface area is 96.3 Å². The summed E-state index contributed by atoms with van der Waals surface area (Å²) < 4.78 is 22.4. The summed E-state index contributed by atoms with van der Waals surface area (Å²) in [5, 5.41) is 0. The Kier molecular flexibility index (Phi) is 2.95. The van der Waals surface area contributed by atoms with Crippen molar-refractivity contribution in [2.75, 3.05) is 12.3 Å². The molecule has 1 fully saturated rings. The monoisotopic (exact) mass is 239 g/mol. The molecule has 0 aliphatic carbocycles. The van der Waals surface area contributed by atoms with Crippen LogP contribution in [0.3, 0.4) is 0 Å². The summed E-state index contributed by atoms with van der Waals surface area (Å²) in [5.74, 6) is -1.89. The Hall–Kier alpha value is -2.11. The van der Waals surface area contributed by atoms with Gasteiger partial charge in [0.1, 0.15) is 5.82 Å². The van der Waals surface area contributed by atoms with E-state index in [2.05, 4.69) is 4.74 Å². The highest BCUT2D eigenvalue weighted by Gasteiger charge is 2.30. The van der Waals surface area contributed by atoms with Gasteiger partial charge in [0.15, 0.2) is 0 Å². The van der Waals surface area contributed by atoms with Crippen LogP contribution in [-0.4, -0.2) is 24.6 Å². The second-order valence-electron chi connectivity index (χ2n) is 3.59. The standard InChI is InChI=1S/C11H10FNO4/c12-7-2-1-6(5-8(7)13)10(14)17-9-3-4-16-11(9)15/h1-2,5,9H,3-4,13H2. The lowest BCUT2D eigenvalue weighted by Crippen LogP contribution is -2.22. The van der Waals surface area contributed by atoms with Gasteiger partial charge in [0.05, 0.1) is 17.9 Å². The Balaban J connectivity index is 2.09. The van der Waals surface area contributed by atoms with Crippen molar-refractivity contribution in [3.63, 3.8) is 0 Å². The molecule has 5 nitrogen and oxygen atoms in total. The van der Waals surface area contributed by atoms with Gasteiger partial charge in [-0.1, -0.05) is 0 Å². The summed E-state index contributed by atoms with van der Waals surface area (Å²) in [7, 11) is 0. The average molecular weight is 239 g/mol. The van der Waals surface area contributed by atoms with E-state index in [0.29, 0.717) is 6.42 Å². The second-order valence-corrected chi connectivity index (χ2v) is 3.59. The molecule has 1 heterocycles. The lowest BCUT2D eigenvalue weighted by Gasteiger charge is -2.08. The molecule has 1 aliphatic heterocycles. The number of carbonyl (C=O) groups excluding carboxylic acids is 2. The first-order valence-corrected chi connectivity index (χ1v) is 5.00. The predicted molar refractivity (Wildman–Crippen MR) is 55.6 cm³/mol. The third-order valence-electron chi connectivity index (χ3n) is 2.37. The molecule has 1 atom stereocenters. The number of halogens is 1. The highest BCUT2D eigenvalue weighted by atomic mass is 19.1. The third kappa shape index (κ3) is 2.35. The van der Waals surface area contributed by atoms with E-state index >= 15 is 0 Å². The van der Waals surface area contributed by atoms with Gasteiger partial charge in [-0.25, -0.2) is 14.0 Å². The molecule has 17 heavy (non-hydrogen) atoms. The van der Waals surface area contributed by atoms with Gasteiger partial charge < -0.3 is 15.2 Å². The Morgan fingerprint density at radius 3 is 2.88 bits per heavy atom. The first-order chi connectivity index (χ1) is 8.08. The molecule has 0 saturated carbocycles. The Morgan fingerprint density at radius 1 is 1.53 bits per heavy atom. The molecule has 0 bridgehead atoms. The van der Waals surface area contributed by atoms with E-state index in [-0.39, 0.29) is 17.9 Å². The molecule has 1 aliphatic rings. The number of esters is 2.